The van der Waals surface area contributed by atoms with Gasteiger partial charge < -0.3 is 4.74 Å². The molecule has 0 heterocycles. The molecule has 1 aliphatic rings. The molecule has 0 unspecified atom stereocenters. The van der Waals surface area contributed by atoms with Crippen LogP contribution in [0, 0.1) is 5.92 Å². The summed E-state index contributed by atoms with van der Waals surface area (Å²) < 4.78 is 4.93. The molecule has 0 aromatic heterocycles. The van der Waals surface area contributed by atoms with Crippen LogP contribution in [-0.4, -0.2) is 13.1 Å². The molecule has 0 saturated carbocycles. The first-order valence-corrected chi connectivity index (χ1v) is 6.43. The fraction of sp³-hybridized carbons (Fsp3) is 0.438. The summed E-state index contributed by atoms with van der Waals surface area (Å²) in [5, 5.41) is 0. The van der Waals surface area contributed by atoms with Crippen LogP contribution in [0.5, 0.6) is 0 Å². The molecule has 2 heteroatoms. The first-order valence-electron chi connectivity index (χ1n) is 6.43. The molecule has 0 radical (unpaired) electrons. The van der Waals surface area contributed by atoms with E-state index in [-0.39, 0.29) is 11.9 Å². The predicted molar refractivity (Wildman–Crippen MR) is 73.2 cm³/mol. The summed E-state index contributed by atoms with van der Waals surface area (Å²) in [4.78, 5) is 11.9. The van der Waals surface area contributed by atoms with E-state index in [1.807, 2.05) is 18.2 Å². The van der Waals surface area contributed by atoms with Crippen molar-refractivity contribution in [3.63, 3.8) is 0 Å². The van der Waals surface area contributed by atoms with Crippen LogP contribution in [0.15, 0.2) is 29.8 Å². The number of carbonyl (C=O) groups excluding carboxylic acids is 1. The number of benzene rings is 1. The Balaban J connectivity index is 2.56. The van der Waals surface area contributed by atoms with Gasteiger partial charge in [0.25, 0.3) is 0 Å². The molecule has 1 aliphatic carbocycles. The second kappa shape index (κ2) is 4.97. The van der Waals surface area contributed by atoms with Crippen molar-refractivity contribution >= 4 is 11.5 Å². The van der Waals surface area contributed by atoms with Gasteiger partial charge in [-0.2, -0.15) is 0 Å². The maximum Gasteiger partial charge on any atom is 0.313 e. The van der Waals surface area contributed by atoms with E-state index in [9.17, 15) is 4.79 Å². The Kier molecular flexibility index (Phi) is 3.55. The fourth-order valence-corrected chi connectivity index (χ4v) is 2.96. The Morgan fingerprint density at radius 2 is 2.00 bits per heavy atom. The Hall–Kier alpha value is -1.57. The number of methoxy groups -OCH3 is 1. The minimum absolute atomic E-state index is 0.135. The van der Waals surface area contributed by atoms with Crippen molar-refractivity contribution < 1.29 is 9.53 Å². The highest BCUT2D eigenvalue weighted by Crippen LogP contribution is 2.41. The molecule has 2 rings (SSSR count). The highest BCUT2D eigenvalue weighted by atomic mass is 16.5. The van der Waals surface area contributed by atoms with E-state index < -0.39 is 0 Å². The third-order valence-electron chi connectivity index (χ3n) is 3.66. The Bertz CT molecular complexity index is 498. The number of hydrogen-bond donors (Lipinski definition) is 0. The van der Waals surface area contributed by atoms with Crippen LogP contribution >= 0.6 is 0 Å². The van der Waals surface area contributed by atoms with E-state index in [4.69, 9.17) is 4.74 Å². The van der Waals surface area contributed by atoms with Gasteiger partial charge in [-0.1, -0.05) is 43.7 Å². The van der Waals surface area contributed by atoms with Gasteiger partial charge in [0.15, 0.2) is 0 Å². The maximum absolute atomic E-state index is 11.9. The van der Waals surface area contributed by atoms with E-state index in [0.717, 1.165) is 12.0 Å². The summed E-state index contributed by atoms with van der Waals surface area (Å²) in [6.07, 6.45) is 0.775. The lowest BCUT2D eigenvalue weighted by atomic mass is 9.76. The van der Waals surface area contributed by atoms with E-state index >= 15 is 0 Å². The minimum atomic E-state index is -0.145. The fourth-order valence-electron chi connectivity index (χ4n) is 2.96. The first kappa shape index (κ1) is 12.9. The van der Waals surface area contributed by atoms with E-state index in [1.54, 1.807) is 0 Å². The normalized spacial score (nSPS) is 18.8. The summed E-state index contributed by atoms with van der Waals surface area (Å²) in [5.41, 5.74) is 5.01. The second-order valence-electron chi connectivity index (χ2n) is 5.22. The monoisotopic (exact) mass is 244 g/mol. The van der Waals surface area contributed by atoms with Crippen LogP contribution in [0.1, 0.15) is 44.2 Å². The molecule has 96 valence electrons. The van der Waals surface area contributed by atoms with Gasteiger partial charge in [0, 0.05) is 0 Å². The average molecular weight is 244 g/mol. The standard InChI is InChI=1S/C16H20O2/c1-10(2)15-11(3)9-14(16(17)18-4)12-7-5-6-8-13(12)15/h5-8,10,14H,9H2,1-4H3/t14-/m1/s1. The number of ether oxygens (including phenoxy) is 1. The van der Waals surface area contributed by atoms with E-state index in [1.165, 1.54) is 23.8 Å². The zero-order valence-corrected chi connectivity index (χ0v) is 11.5. The van der Waals surface area contributed by atoms with Crippen LogP contribution < -0.4 is 0 Å². The van der Waals surface area contributed by atoms with Crippen LogP contribution in [0.4, 0.5) is 0 Å². The molecule has 0 fully saturated rings. The number of esters is 1. The molecule has 2 nitrogen and oxygen atoms in total. The zero-order chi connectivity index (χ0) is 13.3. The van der Waals surface area contributed by atoms with Crippen molar-refractivity contribution in [1.29, 1.82) is 0 Å². The third-order valence-corrected chi connectivity index (χ3v) is 3.66. The molecule has 18 heavy (non-hydrogen) atoms. The predicted octanol–water partition coefficient (Wildman–Crippen LogP) is 3.78. The summed E-state index contributed by atoms with van der Waals surface area (Å²) >= 11 is 0. The summed E-state index contributed by atoms with van der Waals surface area (Å²) in [6.45, 7) is 6.53. The minimum Gasteiger partial charge on any atom is -0.469 e. The van der Waals surface area contributed by atoms with Crippen LogP contribution in [0.25, 0.3) is 5.57 Å². The third kappa shape index (κ3) is 2.07. The van der Waals surface area contributed by atoms with Crippen molar-refractivity contribution in [3.05, 3.63) is 41.0 Å². The van der Waals surface area contributed by atoms with Crippen LogP contribution in [-0.2, 0) is 9.53 Å². The quantitative estimate of drug-likeness (QED) is 0.740. The molecule has 1 aromatic rings. The maximum atomic E-state index is 11.9. The lowest BCUT2D eigenvalue weighted by Gasteiger charge is -2.29. The number of allylic oxidation sites excluding steroid dienone is 2. The van der Waals surface area contributed by atoms with Gasteiger partial charge in [-0.05, 0) is 36.0 Å². The molecule has 0 bridgehead atoms. The summed E-state index contributed by atoms with van der Waals surface area (Å²) in [6, 6.07) is 8.19. The smallest absolute Gasteiger partial charge is 0.313 e. The summed E-state index contributed by atoms with van der Waals surface area (Å²) in [5.74, 6) is 0.197. The molecule has 0 aliphatic heterocycles. The molecule has 0 saturated heterocycles. The molecule has 1 aromatic carbocycles. The molecule has 0 spiro atoms. The van der Waals surface area contributed by atoms with E-state index in [2.05, 4.69) is 26.8 Å². The van der Waals surface area contributed by atoms with Crippen molar-refractivity contribution in [2.45, 2.75) is 33.1 Å². The topological polar surface area (TPSA) is 26.3 Å². The number of hydrogen-bond acceptors (Lipinski definition) is 2. The van der Waals surface area contributed by atoms with Gasteiger partial charge in [-0.3, -0.25) is 4.79 Å². The van der Waals surface area contributed by atoms with Crippen molar-refractivity contribution in [3.8, 4) is 0 Å². The van der Waals surface area contributed by atoms with Gasteiger partial charge in [0.1, 0.15) is 0 Å². The number of carbonyl (C=O) groups is 1. The largest absolute Gasteiger partial charge is 0.469 e. The zero-order valence-electron chi connectivity index (χ0n) is 11.5. The van der Waals surface area contributed by atoms with Crippen molar-refractivity contribution in [2.24, 2.45) is 5.92 Å². The Morgan fingerprint density at radius 1 is 1.33 bits per heavy atom. The average Bonchev–Trinajstić information content (AvgIpc) is 2.36. The lowest BCUT2D eigenvalue weighted by Crippen LogP contribution is -2.20. The molecular formula is C16H20O2. The number of rotatable bonds is 2. The van der Waals surface area contributed by atoms with Gasteiger partial charge in [-0.25, -0.2) is 0 Å². The first-order chi connectivity index (χ1) is 8.56. The van der Waals surface area contributed by atoms with Crippen LogP contribution in [0.3, 0.4) is 0 Å². The lowest BCUT2D eigenvalue weighted by molar-refractivity contribution is -0.142. The van der Waals surface area contributed by atoms with E-state index in [0.29, 0.717) is 5.92 Å². The van der Waals surface area contributed by atoms with Crippen LogP contribution in [0.2, 0.25) is 0 Å². The van der Waals surface area contributed by atoms with Crippen molar-refractivity contribution in [2.75, 3.05) is 7.11 Å². The molecule has 0 amide bonds. The highest BCUT2D eigenvalue weighted by Gasteiger charge is 2.30. The SMILES string of the molecule is COC(=O)[C@@H]1CC(C)=C(C(C)C)c2ccccc21. The molecule has 1 atom stereocenters. The number of fused-ring (bicyclic) bond motifs is 1. The second-order valence-corrected chi connectivity index (χ2v) is 5.22. The van der Waals surface area contributed by atoms with Gasteiger partial charge >= 0.3 is 5.97 Å². The Morgan fingerprint density at radius 3 is 2.61 bits per heavy atom. The molecule has 0 N–H and O–H groups in total. The Labute approximate surface area is 109 Å². The molecular weight excluding hydrogens is 224 g/mol. The highest BCUT2D eigenvalue weighted by molar-refractivity contribution is 5.85. The van der Waals surface area contributed by atoms with Gasteiger partial charge in [0.05, 0.1) is 13.0 Å². The van der Waals surface area contributed by atoms with Crippen molar-refractivity contribution in [1.82, 2.24) is 0 Å². The summed E-state index contributed by atoms with van der Waals surface area (Å²) in [7, 11) is 1.46. The van der Waals surface area contributed by atoms with Gasteiger partial charge in [0.2, 0.25) is 0 Å². The van der Waals surface area contributed by atoms with Gasteiger partial charge in [-0.15, -0.1) is 0 Å².